The molecule has 66 heavy (non-hydrogen) atoms. The molecule has 0 amide bonds. The van der Waals surface area contributed by atoms with Crippen LogP contribution < -0.4 is 21.1 Å². The van der Waals surface area contributed by atoms with Gasteiger partial charge in [-0.15, -0.1) is 0 Å². The van der Waals surface area contributed by atoms with Crippen LogP contribution in [0.15, 0.2) is 203 Å². The maximum Gasteiger partial charge on any atom is 0.203 e. The second-order valence-electron chi connectivity index (χ2n) is 19.0. The summed E-state index contributed by atoms with van der Waals surface area (Å²) in [5.41, 5.74) is 21.6. The molecule has 0 saturated carbocycles. The second-order valence-corrected chi connectivity index (χ2v) is 19.0. The Morgan fingerprint density at radius 3 is 1.86 bits per heavy atom. The lowest BCUT2D eigenvalue weighted by molar-refractivity contribution is 0.590. The van der Waals surface area contributed by atoms with Crippen molar-refractivity contribution in [2.75, 3.05) is 10.2 Å². The minimum absolute atomic E-state index is 0.0660. The molecule has 4 heterocycles. The molecule has 0 fully saturated rings. The third-order valence-corrected chi connectivity index (χ3v) is 14.5. The van der Waals surface area contributed by atoms with Gasteiger partial charge in [-0.3, -0.25) is 4.90 Å². The zero-order valence-electron chi connectivity index (χ0n) is 36.8. The van der Waals surface area contributed by atoms with Gasteiger partial charge in [-0.2, -0.15) is 0 Å². The lowest BCUT2D eigenvalue weighted by Gasteiger charge is -2.41. The smallest absolute Gasteiger partial charge is 0.203 e. The largest absolute Gasteiger partial charge is 0.456 e. The van der Waals surface area contributed by atoms with E-state index >= 15 is 0 Å². The predicted molar refractivity (Wildman–Crippen MR) is 273 cm³/mol. The number of fused-ring (bicyclic) bond motifs is 16. The lowest BCUT2D eigenvalue weighted by atomic mass is 9.57. The Morgan fingerprint density at radius 1 is 0.485 bits per heavy atom. The number of hydrogen-bond acceptors (Lipinski definition) is 4. The molecule has 14 rings (SSSR count). The first-order valence-electron chi connectivity index (χ1n) is 22.9. The summed E-state index contributed by atoms with van der Waals surface area (Å²) in [6.45, 7) is 6.84. The number of hydrogen-bond donors (Lipinski definition) is 1. The maximum atomic E-state index is 7.03. The molecule has 311 valence electrons. The molecule has 5 heteroatoms. The Kier molecular flexibility index (Phi) is 7.65. The molecule has 1 aliphatic carbocycles. The van der Waals surface area contributed by atoms with Crippen LogP contribution >= 0.6 is 0 Å². The van der Waals surface area contributed by atoms with Gasteiger partial charge in [-0.1, -0.05) is 178 Å². The van der Waals surface area contributed by atoms with Crippen molar-refractivity contribution in [3.63, 3.8) is 0 Å². The van der Waals surface area contributed by atoms with E-state index in [1.165, 1.54) is 38.9 Å². The first-order chi connectivity index (χ1) is 32.4. The summed E-state index contributed by atoms with van der Waals surface area (Å²) in [5, 5.41) is 7.32. The van der Waals surface area contributed by atoms with Gasteiger partial charge in [0.15, 0.2) is 5.88 Å². The fourth-order valence-corrected chi connectivity index (χ4v) is 11.6. The van der Waals surface area contributed by atoms with Crippen LogP contribution in [0.1, 0.15) is 48.6 Å². The van der Waals surface area contributed by atoms with Crippen LogP contribution in [0, 0.1) is 0 Å². The highest BCUT2D eigenvalue weighted by Crippen LogP contribution is 2.62. The van der Waals surface area contributed by atoms with E-state index in [0.29, 0.717) is 0 Å². The summed E-state index contributed by atoms with van der Waals surface area (Å²) < 4.78 is 14.0. The Labute approximate surface area is 384 Å². The third kappa shape index (κ3) is 5.00. The summed E-state index contributed by atoms with van der Waals surface area (Å²) in [6.07, 6.45) is 0. The molecule has 1 N–H and O–H groups in total. The molecule has 11 aromatic rings. The van der Waals surface area contributed by atoms with E-state index in [0.717, 1.165) is 94.7 Å². The van der Waals surface area contributed by atoms with Crippen molar-refractivity contribution in [3.05, 3.63) is 222 Å². The summed E-state index contributed by atoms with van der Waals surface area (Å²) in [4.78, 5) is 2.36. The molecular formula is C61H42BN2O2. The predicted octanol–water partition coefficient (Wildman–Crippen LogP) is 14.8. The van der Waals surface area contributed by atoms with Gasteiger partial charge in [0.05, 0.1) is 16.8 Å². The summed E-state index contributed by atoms with van der Waals surface area (Å²) in [6, 6.07) is 70.7. The summed E-state index contributed by atoms with van der Waals surface area (Å²) in [7, 11) is 2.38. The molecule has 1 radical (unpaired) electrons. The van der Waals surface area contributed by atoms with Gasteiger partial charge in [-0.25, -0.2) is 0 Å². The van der Waals surface area contributed by atoms with Crippen LogP contribution in [0.5, 0.6) is 0 Å². The highest BCUT2D eigenvalue weighted by atomic mass is 16.4. The average molecular weight is 846 g/mol. The van der Waals surface area contributed by atoms with E-state index in [4.69, 9.17) is 8.83 Å². The van der Waals surface area contributed by atoms with Crippen molar-refractivity contribution in [1.29, 1.82) is 0 Å². The van der Waals surface area contributed by atoms with E-state index < -0.39 is 5.41 Å². The van der Waals surface area contributed by atoms with Crippen molar-refractivity contribution in [3.8, 4) is 33.4 Å². The van der Waals surface area contributed by atoms with Gasteiger partial charge in [0.25, 0.3) is 0 Å². The zero-order valence-corrected chi connectivity index (χ0v) is 36.8. The Morgan fingerprint density at radius 2 is 1.11 bits per heavy atom. The summed E-state index contributed by atoms with van der Waals surface area (Å²) >= 11 is 0. The molecule has 9 aromatic carbocycles. The number of para-hydroxylation sites is 4. The average Bonchev–Trinajstić information content (AvgIpc) is 4.01. The SMILES string of the molecule is CC(C)(C)c1ccc(N2c3cc4oc5ccccc5c4c(-c4cccc5c4Nc4ccccc4C54c5ccccc5-c5ccccc54)c3[B]c3c2oc2ccccc32)c(-c2ccccc2)c1. The molecule has 4 nitrogen and oxygen atoms in total. The second kappa shape index (κ2) is 13.5. The first-order valence-corrected chi connectivity index (χ1v) is 22.9. The van der Waals surface area contributed by atoms with Crippen LogP contribution in [0.25, 0.3) is 66.3 Å². The van der Waals surface area contributed by atoms with E-state index in [9.17, 15) is 0 Å². The van der Waals surface area contributed by atoms with Gasteiger partial charge >= 0.3 is 0 Å². The number of nitrogens with one attached hydrogen (secondary N) is 1. The quantitative estimate of drug-likeness (QED) is 0.180. The topological polar surface area (TPSA) is 41.6 Å². The van der Waals surface area contributed by atoms with E-state index in [1.54, 1.807) is 0 Å². The van der Waals surface area contributed by atoms with Crippen molar-refractivity contribution in [1.82, 2.24) is 0 Å². The lowest BCUT2D eigenvalue weighted by Crippen LogP contribution is -2.40. The van der Waals surface area contributed by atoms with Crippen molar-refractivity contribution in [2.24, 2.45) is 0 Å². The molecule has 1 spiro atoms. The molecule has 0 atom stereocenters. The van der Waals surface area contributed by atoms with E-state index in [1.807, 2.05) is 0 Å². The Balaban J connectivity index is 1.12. The number of rotatable bonds is 3. The van der Waals surface area contributed by atoms with E-state index in [2.05, 4.69) is 232 Å². The van der Waals surface area contributed by atoms with Gasteiger partial charge in [0.2, 0.25) is 7.28 Å². The van der Waals surface area contributed by atoms with Crippen molar-refractivity contribution >= 4 is 79.7 Å². The zero-order chi connectivity index (χ0) is 43.9. The number of furan rings is 2. The fraction of sp³-hybridized carbons (Fsp3) is 0.0820. The Hall–Kier alpha value is -8.02. The maximum absolute atomic E-state index is 7.03. The van der Waals surface area contributed by atoms with Crippen LogP contribution in [0.2, 0.25) is 0 Å². The minimum Gasteiger partial charge on any atom is -0.456 e. The molecule has 0 bridgehead atoms. The number of nitrogens with zero attached hydrogens (tertiary/aromatic N) is 1. The van der Waals surface area contributed by atoms with Gasteiger partial charge in [0.1, 0.15) is 16.7 Å². The fourth-order valence-electron chi connectivity index (χ4n) is 11.6. The molecule has 2 aliphatic heterocycles. The van der Waals surface area contributed by atoms with Gasteiger partial charge in [0, 0.05) is 44.7 Å². The molecular weight excluding hydrogens is 803 g/mol. The minimum atomic E-state index is -0.560. The molecule has 3 aliphatic rings. The standard InChI is InChI=1S/C61H42BN2O2/c1-60(2,3)37-32-33-49(43(34-37)36-18-5-4-6-19-36)64-50-35-53-54(40-22-9-15-30-51(40)65-53)55(57(50)62-56-41-23-10-16-31-52(41)66-59(56)64)42-24-17-28-47-58(42)63-48-29-14-13-27-46(48)61(47)44-25-11-7-20-38(44)39-21-8-12-26-45(39)61/h4-35,63H,1-3H3. The van der Waals surface area contributed by atoms with Gasteiger partial charge in [-0.05, 0) is 96.7 Å². The summed E-state index contributed by atoms with van der Waals surface area (Å²) in [5.74, 6) is 0.783. The Bertz CT molecular complexity index is 3790. The van der Waals surface area contributed by atoms with E-state index in [-0.39, 0.29) is 5.41 Å². The highest BCUT2D eigenvalue weighted by Gasteiger charge is 2.50. The van der Waals surface area contributed by atoms with Gasteiger partial charge < -0.3 is 14.2 Å². The molecule has 2 aromatic heterocycles. The highest BCUT2D eigenvalue weighted by molar-refractivity contribution is 6.76. The monoisotopic (exact) mass is 845 g/mol. The van der Waals surface area contributed by atoms with Crippen LogP contribution in [0.3, 0.4) is 0 Å². The van der Waals surface area contributed by atoms with Crippen LogP contribution in [0.4, 0.5) is 28.6 Å². The normalized spacial score (nSPS) is 14.0. The first kappa shape index (κ1) is 37.4. The van der Waals surface area contributed by atoms with Crippen LogP contribution in [-0.4, -0.2) is 7.28 Å². The van der Waals surface area contributed by atoms with Crippen LogP contribution in [-0.2, 0) is 10.8 Å². The molecule has 0 saturated heterocycles. The number of benzene rings is 9. The molecule has 0 unspecified atom stereocenters. The van der Waals surface area contributed by atoms with Crippen molar-refractivity contribution < 1.29 is 8.83 Å². The third-order valence-electron chi connectivity index (χ3n) is 14.5. The van der Waals surface area contributed by atoms with Crippen molar-refractivity contribution in [2.45, 2.75) is 31.6 Å². The number of anilines is 5.